The Morgan fingerprint density at radius 1 is 1.38 bits per heavy atom. The van der Waals surface area contributed by atoms with Crippen molar-refractivity contribution in [1.29, 1.82) is 0 Å². The van der Waals surface area contributed by atoms with Gasteiger partial charge in [-0.1, -0.05) is 0 Å². The van der Waals surface area contributed by atoms with E-state index in [2.05, 4.69) is 15.3 Å². The fraction of sp³-hybridized carbons (Fsp3) is 0.529. The molecule has 0 atom stereocenters. The Kier molecular flexibility index (Phi) is 5.67. The Labute approximate surface area is 159 Å². The fourth-order valence-corrected chi connectivity index (χ4v) is 4.39. The number of amides is 2. The zero-order valence-electron chi connectivity index (χ0n) is 15.0. The number of rotatable bonds is 7. The van der Waals surface area contributed by atoms with Crippen LogP contribution in [0, 0.1) is 13.8 Å². The zero-order valence-corrected chi connectivity index (χ0v) is 16.7. The maximum atomic E-state index is 12.2. The van der Waals surface area contributed by atoms with E-state index in [0.29, 0.717) is 23.0 Å². The van der Waals surface area contributed by atoms with Crippen LogP contribution < -0.4 is 10.9 Å². The van der Waals surface area contributed by atoms with Crippen LogP contribution in [0.3, 0.4) is 0 Å². The van der Waals surface area contributed by atoms with E-state index in [1.807, 2.05) is 13.8 Å². The van der Waals surface area contributed by atoms with E-state index in [1.165, 1.54) is 28.0 Å². The molecule has 1 saturated carbocycles. The molecule has 2 aromatic rings. The molecule has 2 heterocycles. The number of fused-ring (bicyclic) bond motifs is 1. The molecule has 0 unspecified atom stereocenters. The van der Waals surface area contributed by atoms with Gasteiger partial charge in [0.15, 0.2) is 0 Å². The van der Waals surface area contributed by atoms with E-state index in [1.54, 1.807) is 7.05 Å². The summed E-state index contributed by atoms with van der Waals surface area (Å²) in [4.78, 5) is 46.7. The molecule has 26 heavy (non-hydrogen) atoms. The van der Waals surface area contributed by atoms with Gasteiger partial charge in [-0.05, 0) is 32.3 Å². The molecule has 1 aliphatic carbocycles. The second-order valence-corrected chi connectivity index (χ2v) is 8.75. The minimum Gasteiger partial charge on any atom is -0.352 e. The van der Waals surface area contributed by atoms with Crippen LogP contribution in [-0.2, 0) is 15.3 Å². The third-order valence-electron chi connectivity index (χ3n) is 4.30. The first-order valence-electron chi connectivity index (χ1n) is 8.45. The first-order chi connectivity index (χ1) is 12.3. The van der Waals surface area contributed by atoms with Gasteiger partial charge in [-0.15, -0.1) is 23.1 Å². The first-order valence-corrected chi connectivity index (χ1v) is 10.4. The third kappa shape index (κ3) is 4.45. The van der Waals surface area contributed by atoms with Crippen molar-refractivity contribution in [3.63, 3.8) is 0 Å². The van der Waals surface area contributed by atoms with Gasteiger partial charge in [-0.2, -0.15) is 0 Å². The van der Waals surface area contributed by atoms with Crippen LogP contribution in [0.1, 0.15) is 29.1 Å². The Morgan fingerprint density at radius 2 is 2.12 bits per heavy atom. The van der Waals surface area contributed by atoms with Crippen LogP contribution in [0.25, 0.3) is 10.2 Å². The summed E-state index contributed by atoms with van der Waals surface area (Å²) in [7, 11) is 1.62. The summed E-state index contributed by atoms with van der Waals surface area (Å²) in [6, 6.07) is 0.294. The molecular formula is C17H22N4O3S2. The Balaban J connectivity index is 1.52. The molecule has 0 bridgehead atoms. The van der Waals surface area contributed by atoms with Crippen molar-refractivity contribution in [2.24, 2.45) is 0 Å². The van der Waals surface area contributed by atoms with Crippen molar-refractivity contribution in [3.8, 4) is 0 Å². The van der Waals surface area contributed by atoms with Crippen molar-refractivity contribution in [2.45, 2.75) is 38.5 Å². The second-order valence-electron chi connectivity index (χ2n) is 6.56. The van der Waals surface area contributed by atoms with Crippen LogP contribution in [-0.4, -0.2) is 52.1 Å². The average molecular weight is 395 g/mol. The van der Waals surface area contributed by atoms with Crippen molar-refractivity contribution >= 4 is 45.1 Å². The maximum Gasteiger partial charge on any atom is 0.259 e. The summed E-state index contributed by atoms with van der Waals surface area (Å²) >= 11 is 2.88. The van der Waals surface area contributed by atoms with Crippen LogP contribution in [0.15, 0.2) is 4.79 Å². The van der Waals surface area contributed by atoms with Gasteiger partial charge in [-0.3, -0.25) is 14.4 Å². The number of hydrogen-bond donors (Lipinski definition) is 2. The van der Waals surface area contributed by atoms with Crippen LogP contribution >= 0.6 is 23.1 Å². The molecule has 0 spiro atoms. The number of aromatic nitrogens is 2. The highest BCUT2D eigenvalue weighted by molar-refractivity contribution is 7.99. The number of thioether (sulfide) groups is 1. The molecule has 0 aliphatic heterocycles. The van der Waals surface area contributed by atoms with Gasteiger partial charge in [0.05, 0.1) is 23.4 Å². The molecular weight excluding hydrogens is 372 g/mol. The van der Waals surface area contributed by atoms with Crippen molar-refractivity contribution in [3.05, 3.63) is 26.6 Å². The summed E-state index contributed by atoms with van der Waals surface area (Å²) in [5.74, 6) is 1.00. The second kappa shape index (κ2) is 7.79. The number of nitrogens with zero attached hydrogens (tertiary/aromatic N) is 2. The summed E-state index contributed by atoms with van der Waals surface area (Å²) in [6.45, 7) is 3.97. The number of nitrogens with one attached hydrogen (secondary N) is 2. The van der Waals surface area contributed by atoms with E-state index >= 15 is 0 Å². The molecule has 2 aromatic heterocycles. The lowest BCUT2D eigenvalue weighted by Gasteiger charge is -2.16. The lowest BCUT2D eigenvalue weighted by Crippen LogP contribution is -2.39. The molecule has 0 aromatic carbocycles. The van der Waals surface area contributed by atoms with Gasteiger partial charge >= 0.3 is 0 Å². The van der Waals surface area contributed by atoms with Gasteiger partial charge in [0, 0.05) is 18.0 Å². The van der Waals surface area contributed by atoms with Gasteiger partial charge in [0.25, 0.3) is 5.56 Å². The SMILES string of the molecule is Cc1sc2nc(CSCC(=O)N(C)CC(=O)NC3CC3)[nH]c(=O)c2c1C. The van der Waals surface area contributed by atoms with Crippen LogP contribution in [0.4, 0.5) is 0 Å². The molecule has 0 saturated heterocycles. The largest absolute Gasteiger partial charge is 0.352 e. The molecule has 140 valence electrons. The smallest absolute Gasteiger partial charge is 0.259 e. The average Bonchev–Trinajstić information content (AvgIpc) is 3.32. The van der Waals surface area contributed by atoms with E-state index in [-0.39, 0.29) is 29.7 Å². The van der Waals surface area contributed by atoms with E-state index in [0.717, 1.165) is 28.1 Å². The number of carbonyl (C=O) groups excluding carboxylic acids is 2. The molecule has 9 heteroatoms. The molecule has 2 amide bonds. The minimum atomic E-state index is -0.132. The number of aryl methyl sites for hydroxylation is 2. The number of H-pyrrole nitrogens is 1. The lowest BCUT2D eigenvalue weighted by atomic mass is 10.2. The summed E-state index contributed by atoms with van der Waals surface area (Å²) in [6.07, 6.45) is 2.05. The molecule has 7 nitrogen and oxygen atoms in total. The highest BCUT2D eigenvalue weighted by Crippen LogP contribution is 2.26. The van der Waals surface area contributed by atoms with Crippen molar-refractivity contribution in [1.82, 2.24) is 20.2 Å². The highest BCUT2D eigenvalue weighted by atomic mass is 32.2. The summed E-state index contributed by atoms with van der Waals surface area (Å²) in [5.41, 5.74) is 0.840. The fourth-order valence-electron chi connectivity index (χ4n) is 2.52. The quantitative estimate of drug-likeness (QED) is 0.743. The van der Waals surface area contributed by atoms with Gasteiger partial charge in [0.2, 0.25) is 11.8 Å². The van der Waals surface area contributed by atoms with Gasteiger partial charge in [-0.25, -0.2) is 4.98 Å². The predicted molar refractivity (Wildman–Crippen MR) is 105 cm³/mol. The molecule has 1 aliphatic rings. The lowest BCUT2D eigenvalue weighted by molar-refractivity contribution is -0.132. The van der Waals surface area contributed by atoms with Crippen LogP contribution in [0.2, 0.25) is 0 Å². The first kappa shape index (κ1) is 18.9. The summed E-state index contributed by atoms with van der Waals surface area (Å²) < 4.78 is 0. The molecule has 0 radical (unpaired) electrons. The Morgan fingerprint density at radius 3 is 2.81 bits per heavy atom. The van der Waals surface area contributed by atoms with E-state index in [4.69, 9.17) is 0 Å². The Bertz CT molecular complexity index is 901. The van der Waals surface area contributed by atoms with Gasteiger partial charge < -0.3 is 15.2 Å². The summed E-state index contributed by atoms with van der Waals surface area (Å²) in [5, 5.41) is 3.51. The molecule has 1 fully saturated rings. The number of hydrogen-bond acceptors (Lipinski definition) is 6. The highest BCUT2D eigenvalue weighted by Gasteiger charge is 2.24. The number of thiophene rings is 1. The maximum absolute atomic E-state index is 12.2. The molecule has 3 rings (SSSR count). The molecule has 2 N–H and O–H groups in total. The van der Waals surface area contributed by atoms with Crippen molar-refractivity contribution < 1.29 is 9.59 Å². The zero-order chi connectivity index (χ0) is 18.8. The van der Waals surface area contributed by atoms with E-state index < -0.39 is 0 Å². The van der Waals surface area contributed by atoms with E-state index in [9.17, 15) is 14.4 Å². The standard InChI is InChI=1S/C17H22N4O3S2/c1-9-10(2)26-17-15(9)16(24)19-12(20-17)7-25-8-14(23)21(3)6-13(22)18-11-4-5-11/h11H,4-8H2,1-3H3,(H,18,22)(H,19,20,24). The minimum absolute atomic E-state index is 0.0741. The normalized spacial score (nSPS) is 13.8. The number of likely N-dealkylation sites (N-methyl/N-ethyl adjacent to an activating group) is 1. The van der Waals surface area contributed by atoms with Crippen molar-refractivity contribution in [2.75, 3.05) is 19.3 Å². The number of carbonyl (C=O) groups is 2. The number of aromatic amines is 1. The predicted octanol–water partition coefficient (Wildman–Crippen LogP) is 1.57. The monoisotopic (exact) mass is 394 g/mol. The van der Waals surface area contributed by atoms with Crippen LogP contribution in [0.5, 0.6) is 0 Å². The third-order valence-corrected chi connectivity index (χ3v) is 6.33. The topological polar surface area (TPSA) is 95.2 Å². The van der Waals surface area contributed by atoms with Gasteiger partial charge in [0.1, 0.15) is 10.7 Å². The Hall–Kier alpha value is -1.87.